The van der Waals surface area contributed by atoms with Gasteiger partial charge in [0.2, 0.25) is 5.91 Å². The molecule has 2 heterocycles. The van der Waals surface area contributed by atoms with E-state index >= 15 is 0 Å². The number of hydrogen-bond acceptors (Lipinski definition) is 7. The minimum Gasteiger partial charge on any atom is -0.460 e. The molecule has 2 aliphatic rings. The molecule has 0 aromatic heterocycles. The van der Waals surface area contributed by atoms with Gasteiger partial charge in [-0.3, -0.25) is 14.4 Å². The molecule has 1 aromatic carbocycles. The zero-order valence-corrected chi connectivity index (χ0v) is 23.9. The maximum atomic E-state index is 13.2. The Kier molecular flexibility index (Phi) is 8.05. The summed E-state index contributed by atoms with van der Waals surface area (Å²) < 4.78 is 10.9. The number of carbonyl (C=O) groups excluding carboxylic acids is 4. The molecule has 0 radical (unpaired) electrons. The Morgan fingerprint density at radius 3 is 2.21 bits per heavy atom. The van der Waals surface area contributed by atoms with Gasteiger partial charge in [0.15, 0.2) is 0 Å². The first-order chi connectivity index (χ1) is 17.4. The first-order valence-corrected chi connectivity index (χ1v) is 13.1. The van der Waals surface area contributed by atoms with Gasteiger partial charge in [0, 0.05) is 43.9 Å². The van der Waals surface area contributed by atoms with E-state index in [1.165, 1.54) is 4.90 Å². The molecule has 2 N–H and O–H groups in total. The Morgan fingerprint density at radius 2 is 1.66 bits per heavy atom. The van der Waals surface area contributed by atoms with Gasteiger partial charge in [-0.2, -0.15) is 0 Å². The van der Waals surface area contributed by atoms with Gasteiger partial charge in [-0.25, -0.2) is 4.79 Å². The predicted octanol–water partition coefficient (Wildman–Crippen LogP) is 3.45. The lowest BCUT2D eigenvalue weighted by Crippen LogP contribution is -2.61. The molecule has 10 nitrogen and oxygen atoms in total. The second kappa shape index (κ2) is 10.5. The quantitative estimate of drug-likeness (QED) is 0.559. The van der Waals surface area contributed by atoms with Gasteiger partial charge in [-0.15, -0.1) is 0 Å². The molecule has 1 fully saturated rings. The minimum atomic E-state index is -0.917. The number of hydrogen-bond donors (Lipinski definition) is 1. The van der Waals surface area contributed by atoms with Crippen molar-refractivity contribution in [2.24, 2.45) is 5.73 Å². The molecule has 3 rings (SSSR count). The Hall–Kier alpha value is -3.30. The van der Waals surface area contributed by atoms with Crippen LogP contribution in [0.3, 0.4) is 0 Å². The van der Waals surface area contributed by atoms with E-state index in [0.29, 0.717) is 25.2 Å². The van der Waals surface area contributed by atoms with Crippen LogP contribution in [0.4, 0.5) is 10.5 Å². The average molecular weight is 531 g/mol. The first kappa shape index (κ1) is 29.3. The van der Waals surface area contributed by atoms with Gasteiger partial charge in [-0.1, -0.05) is 0 Å². The zero-order valence-electron chi connectivity index (χ0n) is 23.9. The van der Waals surface area contributed by atoms with Gasteiger partial charge in [0.1, 0.15) is 17.2 Å². The molecule has 0 spiro atoms. The van der Waals surface area contributed by atoms with E-state index in [0.717, 1.165) is 11.3 Å². The van der Waals surface area contributed by atoms with Crippen molar-refractivity contribution >= 4 is 29.6 Å². The summed E-state index contributed by atoms with van der Waals surface area (Å²) in [7, 11) is 0. The van der Waals surface area contributed by atoms with Gasteiger partial charge < -0.3 is 29.9 Å². The Balaban J connectivity index is 1.73. The highest BCUT2D eigenvalue weighted by molar-refractivity contribution is 6.01. The van der Waals surface area contributed by atoms with Crippen LogP contribution >= 0.6 is 0 Å². The van der Waals surface area contributed by atoms with Crippen LogP contribution in [0, 0.1) is 0 Å². The van der Waals surface area contributed by atoms with Crippen molar-refractivity contribution < 1.29 is 28.7 Å². The van der Waals surface area contributed by atoms with Gasteiger partial charge in [0.05, 0.1) is 5.54 Å². The highest BCUT2D eigenvalue weighted by atomic mass is 16.6. The van der Waals surface area contributed by atoms with Crippen molar-refractivity contribution in [2.45, 2.75) is 97.6 Å². The van der Waals surface area contributed by atoms with Crippen molar-refractivity contribution in [3.05, 3.63) is 29.3 Å². The van der Waals surface area contributed by atoms with Gasteiger partial charge in [-0.05, 0) is 85.6 Å². The second-order valence-corrected chi connectivity index (χ2v) is 12.7. The molecular formula is C28H42N4O6. The number of nitrogens with two attached hydrogens (primary N) is 1. The number of fused-ring (bicyclic) bond motifs is 1. The van der Waals surface area contributed by atoms with E-state index in [9.17, 15) is 19.2 Å². The number of anilines is 1. The van der Waals surface area contributed by atoms with Crippen molar-refractivity contribution in [3.8, 4) is 0 Å². The van der Waals surface area contributed by atoms with Crippen molar-refractivity contribution in [2.75, 3.05) is 24.5 Å². The Morgan fingerprint density at radius 1 is 1.03 bits per heavy atom. The molecule has 0 bridgehead atoms. The lowest BCUT2D eigenvalue weighted by atomic mass is 9.97. The van der Waals surface area contributed by atoms with Crippen LogP contribution in [0.5, 0.6) is 0 Å². The van der Waals surface area contributed by atoms with Gasteiger partial charge in [0.25, 0.3) is 5.91 Å². The SMILES string of the molecule is CC(C)(C)OC(=O)CCC(C(N)=O)N1Cc2cc(N3CCN(C(=O)OC(C)(C)C)CC3(C)C)ccc2C1=O. The fourth-order valence-electron chi connectivity index (χ4n) is 4.96. The lowest BCUT2D eigenvalue weighted by molar-refractivity contribution is -0.155. The average Bonchev–Trinajstić information content (AvgIpc) is 3.06. The third-order valence-corrected chi connectivity index (χ3v) is 6.53. The van der Waals surface area contributed by atoms with E-state index in [2.05, 4.69) is 18.7 Å². The van der Waals surface area contributed by atoms with E-state index in [1.54, 1.807) is 31.7 Å². The molecule has 1 saturated heterocycles. The summed E-state index contributed by atoms with van der Waals surface area (Å²) in [5, 5.41) is 0. The summed E-state index contributed by atoms with van der Waals surface area (Å²) in [5.74, 6) is -1.38. The van der Waals surface area contributed by atoms with E-state index in [1.807, 2.05) is 32.9 Å². The molecular weight excluding hydrogens is 488 g/mol. The monoisotopic (exact) mass is 530 g/mol. The molecule has 10 heteroatoms. The van der Waals surface area contributed by atoms with Crippen LogP contribution in [-0.2, 0) is 25.6 Å². The van der Waals surface area contributed by atoms with Crippen molar-refractivity contribution in [1.82, 2.24) is 9.80 Å². The fourth-order valence-corrected chi connectivity index (χ4v) is 4.96. The van der Waals surface area contributed by atoms with Crippen LogP contribution in [0.25, 0.3) is 0 Å². The van der Waals surface area contributed by atoms with Crippen molar-refractivity contribution in [3.63, 3.8) is 0 Å². The Labute approximate surface area is 225 Å². The van der Waals surface area contributed by atoms with Crippen LogP contribution in [0.15, 0.2) is 18.2 Å². The predicted molar refractivity (Wildman–Crippen MR) is 144 cm³/mol. The largest absolute Gasteiger partial charge is 0.460 e. The number of esters is 1. The van der Waals surface area contributed by atoms with Crippen LogP contribution < -0.4 is 10.6 Å². The molecule has 3 amide bonds. The number of benzene rings is 1. The number of ether oxygens (including phenoxy) is 2. The molecule has 210 valence electrons. The topological polar surface area (TPSA) is 122 Å². The summed E-state index contributed by atoms with van der Waals surface area (Å²) in [6, 6.07) is 4.71. The summed E-state index contributed by atoms with van der Waals surface area (Å²) in [6.45, 7) is 16.8. The normalized spacial score (nSPS) is 18.2. The molecule has 1 atom stereocenters. The Bertz CT molecular complexity index is 1100. The highest BCUT2D eigenvalue weighted by Crippen LogP contribution is 2.34. The van der Waals surface area contributed by atoms with Crippen LogP contribution in [0.2, 0.25) is 0 Å². The third-order valence-electron chi connectivity index (χ3n) is 6.53. The fraction of sp³-hybridized carbons (Fsp3) is 0.643. The smallest absolute Gasteiger partial charge is 0.410 e. The van der Waals surface area contributed by atoms with E-state index in [-0.39, 0.29) is 36.9 Å². The lowest BCUT2D eigenvalue weighted by Gasteiger charge is -2.48. The van der Waals surface area contributed by atoms with E-state index < -0.39 is 29.1 Å². The minimum absolute atomic E-state index is 0.0215. The van der Waals surface area contributed by atoms with E-state index in [4.69, 9.17) is 15.2 Å². The summed E-state index contributed by atoms with van der Waals surface area (Å²) in [4.78, 5) is 55.7. The highest BCUT2D eigenvalue weighted by Gasteiger charge is 2.40. The number of nitrogens with zero attached hydrogens (tertiary/aromatic N) is 3. The summed E-state index contributed by atoms with van der Waals surface area (Å²) >= 11 is 0. The zero-order chi connectivity index (χ0) is 28.6. The number of rotatable bonds is 6. The molecule has 0 aliphatic carbocycles. The number of carbonyl (C=O) groups is 4. The van der Waals surface area contributed by atoms with Crippen LogP contribution in [0.1, 0.15) is 84.2 Å². The molecule has 1 unspecified atom stereocenters. The van der Waals surface area contributed by atoms with Gasteiger partial charge >= 0.3 is 12.1 Å². The maximum Gasteiger partial charge on any atom is 0.410 e. The molecule has 1 aromatic rings. The summed E-state index contributed by atoms with van der Waals surface area (Å²) in [5.41, 5.74) is 6.31. The molecule has 2 aliphatic heterocycles. The maximum absolute atomic E-state index is 13.2. The summed E-state index contributed by atoms with van der Waals surface area (Å²) in [6.07, 6.45) is -0.257. The number of primary amides is 1. The first-order valence-electron chi connectivity index (χ1n) is 13.1. The van der Waals surface area contributed by atoms with Crippen molar-refractivity contribution in [1.29, 1.82) is 0 Å². The second-order valence-electron chi connectivity index (χ2n) is 12.7. The molecule has 38 heavy (non-hydrogen) atoms. The van der Waals surface area contributed by atoms with Crippen LogP contribution in [-0.4, -0.2) is 76.1 Å². The molecule has 0 saturated carbocycles. The standard InChI is InChI=1S/C28H42N4O6/c1-26(2,3)37-22(33)12-11-21(23(29)34)31-16-18-15-19(9-10-20(18)24(31)35)32-14-13-30(17-28(32,7)8)25(36)38-27(4,5)6/h9-10,15,21H,11-14,16-17H2,1-8H3,(H2,29,34). The number of piperazine rings is 1. The number of amides is 3. The third kappa shape index (κ3) is 6.96.